The number of hydrogen-bond acceptors (Lipinski definition) is 5. The van der Waals surface area contributed by atoms with Crippen LogP contribution in [0.3, 0.4) is 0 Å². The van der Waals surface area contributed by atoms with E-state index in [1.54, 1.807) is 13.1 Å². The third-order valence-electron chi connectivity index (χ3n) is 4.13. The molecule has 3 rings (SSSR count). The first-order valence-electron chi connectivity index (χ1n) is 8.27. The average Bonchev–Trinajstić information content (AvgIpc) is 2.63. The molecule has 0 saturated carbocycles. The molecular weight excluding hydrogens is 304 g/mol. The van der Waals surface area contributed by atoms with E-state index in [1.165, 1.54) is 0 Å². The van der Waals surface area contributed by atoms with Crippen LogP contribution in [0.1, 0.15) is 19.8 Å². The number of nitrogens with zero attached hydrogens (tertiary/aromatic N) is 3. The number of hydrogen-bond donors (Lipinski definition) is 1. The van der Waals surface area contributed by atoms with Crippen molar-refractivity contribution in [3.8, 4) is 5.75 Å². The van der Waals surface area contributed by atoms with Crippen molar-refractivity contribution in [1.82, 2.24) is 15.1 Å². The van der Waals surface area contributed by atoms with Gasteiger partial charge in [-0.3, -0.25) is 4.79 Å². The number of carbonyl (C=O) groups excluding carboxylic acids is 1. The minimum atomic E-state index is -0.475. The second-order valence-corrected chi connectivity index (χ2v) is 5.93. The number of amides is 1. The number of ether oxygens (including phenoxy) is 1. The second-order valence-electron chi connectivity index (χ2n) is 5.93. The largest absolute Gasteiger partial charge is 0.481 e. The molecule has 2 heterocycles. The van der Waals surface area contributed by atoms with Gasteiger partial charge in [-0.25, -0.2) is 0 Å². The first-order chi connectivity index (χ1) is 11.7. The maximum atomic E-state index is 12.5. The molecule has 126 valence electrons. The monoisotopic (exact) mass is 326 g/mol. The normalized spacial score (nSPS) is 16.5. The van der Waals surface area contributed by atoms with Crippen LogP contribution in [0.25, 0.3) is 0 Å². The van der Waals surface area contributed by atoms with Crippen LogP contribution in [0.2, 0.25) is 0 Å². The molecule has 1 atom stereocenters. The van der Waals surface area contributed by atoms with Gasteiger partial charge in [-0.1, -0.05) is 18.2 Å². The molecule has 1 fully saturated rings. The van der Waals surface area contributed by atoms with E-state index in [1.807, 2.05) is 47.4 Å². The summed E-state index contributed by atoms with van der Waals surface area (Å²) in [6.45, 7) is 3.25. The maximum absolute atomic E-state index is 12.5. The zero-order valence-corrected chi connectivity index (χ0v) is 13.8. The number of nitrogens with one attached hydrogen (secondary N) is 1. The van der Waals surface area contributed by atoms with Gasteiger partial charge in [0.05, 0.1) is 0 Å². The molecule has 0 radical (unpaired) electrons. The molecule has 1 aromatic heterocycles. The van der Waals surface area contributed by atoms with Gasteiger partial charge in [-0.15, -0.1) is 5.10 Å². The second kappa shape index (κ2) is 7.77. The molecule has 1 aliphatic rings. The minimum Gasteiger partial charge on any atom is -0.481 e. The van der Waals surface area contributed by atoms with E-state index >= 15 is 0 Å². The molecule has 1 amide bonds. The highest BCUT2D eigenvalue weighted by Gasteiger charge is 2.27. The van der Waals surface area contributed by atoms with Gasteiger partial charge in [0.1, 0.15) is 11.6 Å². The number of anilines is 1. The molecule has 2 aromatic rings. The molecule has 1 aromatic carbocycles. The van der Waals surface area contributed by atoms with Crippen molar-refractivity contribution in [3.63, 3.8) is 0 Å². The van der Waals surface area contributed by atoms with Crippen LogP contribution in [0, 0.1) is 0 Å². The van der Waals surface area contributed by atoms with Gasteiger partial charge in [0.25, 0.3) is 5.91 Å². The molecule has 0 aliphatic carbocycles. The van der Waals surface area contributed by atoms with E-state index in [4.69, 9.17) is 4.74 Å². The summed E-state index contributed by atoms with van der Waals surface area (Å²) in [6, 6.07) is 13.5. The van der Waals surface area contributed by atoms with Crippen molar-refractivity contribution in [3.05, 3.63) is 48.7 Å². The molecule has 1 saturated heterocycles. The lowest BCUT2D eigenvalue weighted by Crippen LogP contribution is -2.47. The lowest BCUT2D eigenvalue weighted by Gasteiger charge is -2.34. The Morgan fingerprint density at radius 1 is 1.21 bits per heavy atom. The van der Waals surface area contributed by atoms with Crippen LogP contribution in [0.5, 0.6) is 5.75 Å². The number of likely N-dealkylation sites (tertiary alicyclic amines) is 1. The van der Waals surface area contributed by atoms with Crippen molar-refractivity contribution in [2.75, 3.05) is 18.4 Å². The number of rotatable bonds is 5. The van der Waals surface area contributed by atoms with E-state index in [0.717, 1.165) is 37.5 Å². The average molecular weight is 326 g/mol. The molecule has 0 spiro atoms. The molecule has 1 N–H and O–H groups in total. The summed E-state index contributed by atoms with van der Waals surface area (Å²) >= 11 is 0. The van der Waals surface area contributed by atoms with Crippen LogP contribution in [-0.2, 0) is 4.79 Å². The topological polar surface area (TPSA) is 67.3 Å². The zero-order chi connectivity index (χ0) is 16.8. The number of aromatic nitrogens is 2. The fraction of sp³-hybridized carbons (Fsp3) is 0.389. The van der Waals surface area contributed by atoms with Crippen molar-refractivity contribution < 1.29 is 9.53 Å². The van der Waals surface area contributed by atoms with E-state index in [0.29, 0.717) is 6.04 Å². The van der Waals surface area contributed by atoms with E-state index in [9.17, 15) is 4.79 Å². The Balaban J connectivity index is 1.48. The first kappa shape index (κ1) is 16.2. The number of para-hydroxylation sites is 1. The predicted molar refractivity (Wildman–Crippen MR) is 91.8 cm³/mol. The Morgan fingerprint density at radius 2 is 1.96 bits per heavy atom. The highest BCUT2D eigenvalue weighted by atomic mass is 16.5. The summed E-state index contributed by atoms with van der Waals surface area (Å²) in [5.74, 6) is 1.54. The van der Waals surface area contributed by atoms with Gasteiger partial charge in [-0.2, -0.15) is 5.10 Å². The molecule has 24 heavy (non-hydrogen) atoms. The Bertz CT molecular complexity index is 643. The fourth-order valence-corrected chi connectivity index (χ4v) is 2.84. The van der Waals surface area contributed by atoms with Crippen molar-refractivity contribution in [2.45, 2.75) is 31.9 Å². The first-order valence-corrected chi connectivity index (χ1v) is 8.27. The van der Waals surface area contributed by atoms with Crippen LogP contribution >= 0.6 is 0 Å². The standard InChI is InChI=1S/C18H22N4O2/c1-14(24-16-6-3-2-4-7-16)18(23)22-12-9-15(10-13-22)20-17-8-5-11-19-21-17/h2-8,11,14-15H,9-10,12-13H2,1H3,(H,20,21)/t14-/m0/s1. The van der Waals surface area contributed by atoms with Gasteiger partial charge >= 0.3 is 0 Å². The number of piperidine rings is 1. The molecule has 0 unspecified atom stereocenters. The summed E-state index contributed by atoms with van der Waals surface area (Å²) in [6.07, 6.45) is 2.96. The molecular formula is C18H22N4O2. The summed E-state index contributed by atoms with van der Waals surface area (Å²) in [5.41, 5.74) is 0. The third-order valence-corrected chi connectivity index (χ3v) is 4.13. The smallest absolute Gasteiger partial charge is 0.263 e. The lowest BCUT2D eigenvalue weighted by atomic mass is 10.0. The predicted octanol–water partition coefficient (Wildman–Crippen LogP) is 2.35. The Morgan fingerprint density at radius 3 is 2.62 bits per heavy atom. The maximum Gasteiger partial charge on any atom is 0.263 e. The lowest BCUT2D eigenvalue weighted by molar-refractivity contribution is -0.138. The quantitative estimate of drug-likeness (QED) is 0.913. The summed E-state index contributed by atoms with van der Waals surface area (Å²) in [5, 5.41) is 11.3. The molecule has 1 aliphatic heterocycles. The molecule has 6 heteroatoms. The van der Waals surface area contributed by atoms with Crippen molar-refractivity contribution in [1.29, 1.82) is 0 Å². The number of benzene rings is 1. The Labute approximate surface area is 141 Å². The summed E-state index contributed by atoms with van der Waals surface area (Å²) in [7, 11) is 0. The van der Waals surface area contributed by atoms with Crippen molar-refractivity contribution in [2.24, 2.45) is 0 Å². The van der Waals surface area contributed by atoms with E-state index < -0.39 is 6.10 Å². The minimum absolute atomic E-state index is 0.0387. The Kier molecular flexibility index (Phi) is 5.25. The van der Waals surface area contributed by atoms with Gasteiger partial charge in [-0.05, 0) is 44.0 Å². The van der Waals surface area contributed by atoms with Crippen LogP contribution in [0.15, 0.2) is 48.7 Å². The van der Waals surface area contributed by atoms with E-state index in [2.05, 4.69) is 15.5 Å². The number of carbonyl (C=O) groups is 1. The SMILES string of the molecule is C[C@H](Oc1ccccc1)C(=O)N1CCC(Nc2cccnn2)CC1. The van der Waals surface area contributed by atoms with Gasteiger partial charge < -0.3 is 15.0 Å². The van der Waals surface area contributed by atoms with Crippen molar-refractivity contribution >= 4 is 11.7 Å². The van der Waals surface area contributed by atoms with E-state index in [-0.39, 0.29) is 5.91 Å². The zero-order valence-electron chi connectivity index (χ0n) is 13.8. The third kappa shape index (κ3) is 4.22. The summed E-state index contributed by atoms with van der Waals surface area (Å²) in [4.78, 5) is 14.4. The molecule has 6 nitrogen and oxygen atoms in total. The van der Waals surface area contributed by atoms with Crippen LogP contribution < -0.4 is 10.1 Å². The molecule has 0 bridgehead atoms. The highest BCUT2D eigenvalue weighted by molar-refractivity contribution is 5.81. The van der Waals surface area contributed by atoms with Gasteiger partial charge in [0.2, 0.25) is 0 Å². The Hall–Kier alpha value is -2.63. The van der Waals surface area contributed by atoms with Crippen LogP contribution in [0.4, 0.5) is 5.82 Å². The van der Waals surface area contributed by atoms with Gasteiger partial charge in [0, 0.05) is 25.3 Å². The van der Waals surface area contributed by atoms with Crippen LogP contribution in [-0.4, -0.2) is 46.2 Å². The fourth-order valence-electron chi connectivity index (χ4n) is 2.84. The summed E-state index contributed by atoms with van der Waals surface area (Å²) < 4.78 is 5.73. The van der Waals surface area contributed by atoms with Gasteiger partial charge in [0.15, 0.2) is 6.10 Å². The highest BCUT2D eigenvalue weighted by Crippen LogP contribution is 2.17.